The van der Waals surface area contributed by atoms with Gasteiger partial charge in [0.1, 0.15) is 5.78 Å². The van der Waals surface area contributed by atoms with Crippen molar-refractivity contribution in [3.8, 4) is 0 Å². The molecule has 0 N–H and O–H groups in total. The molecule has 0 aliphatic carbocycles. The van der Waals surface area contributed by atoms with Crippen molar-refractivity contribution in [2.24, 2.45) is 0 Å². The molecular formula is C14H27NaO6S. The summed E-state index contributed by atoms with van der Waals surface area (Å²) in [6, 6.07) is 0. The maximum Gasteiger partial charge on any atom is 1.00 e. The predicted molar refractivity (Wildman–Crippen MR) is 78.2 cm³/mol. The number of Topliss-reactive ketones (excluding diaryl/α,β-unsaturated/α-hetero) is 1. The van der Waals surface area contributed by atoms with E-state index in [4.69, 9.17) is 0 Å². The van der Waals surface area contributed by atoms with Gasteiger partial charge < -0.3 is 4.55 Å². The first-order chi connectivity index (χ1) is 9.95. The Balaban J connectivity index is 0. The molecule has 8 heteroatoms. The number of ketones is 1. The maximum atomic E-state index is 11.4. The van der Waals surface area contributed by atoms with Gasteiger partial charge in [0.2, 0.25) is 10.4 Å². The fraction of sp³-hybridized carbons (Fsp3) is 0.929. The Morgan fingerprint density at radius 3 is 1.91 bits per heavy atom. The van der Waals surface area contributed by atoms with E-state index in [1.54, 1.807) is 0 Å². The molecule has 0 saturated carbocycles. The zero-order valence-electron chi connectivity index (χ0n) is 13.8. The largest absolute Gasteiger partial charge is 1.00 e. The molecule has 0 rings (SSSR count). The van der Waals surface area contributed by atoms with E-state index in [1.165, 1.54) is 38.5 Å². The minimum absolute atomic E-state index is 0. The standard InChI is InChI=1S/C14H28O6S.Na/c1-2-3-4-5-6-7-8-9-10-11-14(15)12-13-19-20-21(16,17)18;/h2-13H2,1H3,(H,16,17,18);/q;+1/p-1. The zero-order valence-corrected chi connectivity index (χ0v) is 16.7. The molecule has 22 heavy (non-hydrogen) atoms. The van der Waals surface area contributed by atoms with E-state index in [9.17, 15) is 17.8 Å². The maximum absolute atomic E-state index is 11.4. The van der Waals surface area contributed by atoms with Gasteiger partial charge in [0.15, 0.2) is 0 Å². The number of carbonyl (C=O) groups excluding carboxylic acids is 1. The number of unbranched alkanes of at least 4 members (excludes halogenated alkanes) is 8. The molecule has 6 nitrogen and oxygen atoms in total. The van der Waals surface area contributed by atoms with Crippen LogP contribution in [0, 0.1) is 0 Å². The van der Waals surface area contributed by atoms with E-state index >= 15 is 0 Å². The van der Waals surface area contributed by atoms with E-state index in [0.717, 1.165) is 19.3 Å². The van der Waals surface area contributed by atoms with Gasteiger partial charge in [-0.3, -0.25) is 4.79 Å². The van der Waals surface area contributed by atoms with Gasteiger partial charge in [-0.25, -0.2) is 13.3 Å². The Bertz CT molecular complexity index is 358. The summed E-state index contributed by atoms with van der Waals surface area (Å²) in [6.45, 7) is 1.99. The van der Waals surface area contributed by atoms with Crippen molar-refractivity contribution in [1.82, 2.24) is 0 Å². The van der Waals surface area contributed by atoms with Crippen molar-refractivity contribution in [2.45, 2.75) is 77.6 Å². The SMILES string of the molecule is CCCCCCCCCCCC(=O)CCOOS(=O)(=O)[O-].[Na+]. The topological polar surface area (TPSA) is 92.7 Å². The molecule has 0 amide bonds. The molecule has 126 valence electrons. The van der Waals surface area contributed by atoms with Gasteiger partial charge >= 0.3 is 29.6 Å². The van der Waals surface area contributed by atoms with Crippen molar-refractivity contribution in [2.75, 3.05) is 6.61 Å². The molecule has 0 radical (unpaired) electrons. The van der Waals surface area contributed by atoms with Crippen LogP contribution in [0.25, 0.3) is 0 Å². The van der Waals surface area contributed by atoms with Gasteiger partial charge in [-0.2, -0.15) is 0 Å². The van der Waals surface area contributed by atoms with Crippen molar-refractivity contribution in [1.29, 1.82) is 0 Å². The summed E-state index contributed by atoms with van der Waals surface area (Å²) in [4.78, 5) is 15.6. The second kappa shape index (κ2) is 16.4. The van der Waals surface area contributed by atoms with Crippen LogP contribution in [0.3, 0.4) is 0 Å². The molecule has 0 heterocycles. The third-order valence-electron chi connectivity index (χ3n) is 3.15. The Hall–Kier alpha value is 0.500. The number of hydrogen-bond acceptors (Lipinski definition) is 6. The number of carbonyl (C=O) groups is 1. The second-order valence-corrected chi connectivity index (χ2v) is 6.12. The van der Waals surface area contributed by atoms with Crippen LogP contribution in [0.4, 0.5) is 0 Å². The number of hydrogen-bond donors (Lipinski definition) is 0. The summed E-state index contributed by atoms with van der Waals surface area (Å²) < 4.78 is 33.7. The molecule has 0 atom stereocenters. The fourth-order valence-electron chi connectivity index (χ4n) is 2.01. The molecular weight excluding hydrogens is 319 g/mol. The Kier molecular flexibility index (Phi) is 18.4. The third-order valence-corrected chi connectivity index (χ3v) is 3.42. The molecule has 0 unspecified atom stereocenters. The van der Waals surface area contributed by atoms with Crippen LogP contribution in [-0.4, -0.2) is 25.4 Å². The molecule has 0 aliphatic heterocycles. The van der Waals surface area contributed by atoms with Crippen molar-refractivity contribution in [3.05, 3.63) is 0 Å². The zero-order chi connectivity index (χ0) is 16.0. The quantitative estimate of drug-likeness (QED) is 0.106. The molecule has 0 aromatic carbocycles. The van der Waals surface area contributed by atoms with Gasteiger partial charge in [0, 0.05) is 12.8 Å². The third kappa shape index (κ3) is 20.5. The Labute approximate surface area is 156 Å². The van der Waals surface area contributed by atoms with E-state index in [2.05, 4.69) is 16.1 Å². The summed E-state index contributed by atoms with van der Waals surface area (Å²) in [5, 5.41) is 0. The summed E-state index contributed by atoms with van der Waals surface area (Å²) in [5.41, 5.74) is 0. The minimum Gasteiger partial charge on any atom is -0.724 e. The van der Waals surface area contributed by atoms with Gasteiger partial charge in [0.25, 0.3) is 0 Å². The van der Waals surface area contributed by atoms with E-state index in [0.29, 0.717) is 6.42 Å². The van der Waals surface area contributed by atoms with Crippen LogP contribution in [-0.2, 0) is 24.4 Å². The fourth-order valence-corrected chi connectivity index (χ4v) is 2.19. The van der Waals surface area contributed by atoms with Gasteiger partial charge in [-0.15, -0.1) is 4.33 Å². The van der Waals surface area contributed by atoms with E-state index in [-0.39, 0.29) is 48.4 Å². The molecule has 0 aromatic rings. The van der Waals surface area contributed by atoms with Gasteiger partial charge in [0.05, 0.1) is 6.61 Å². The molecule has 0 fully saturated rings. The average Bonchev–Trinajstić information content (AvgIpc) is 2.41. The van der Waals surface area contributed by atoms with Crippen LogP contribution in [0.2, 0.25) is 0 Å². The van der Waals surface area contributed by atoms with Crippen molar-refractivity contribution < 1.29 is 56.5 Å². The van der Waals surface area contributed by atoms with Crippen LogP contribution in [0.5, 0.6) is 0 Å². The molecule has 0 spiro atoms. The smallest absolute Gasteiger partial charge is 0.724 e. The van der Waals surface area contributed by atoms with E-state index < -0.39 is 10.4 Å². The molecule has 0 bridgehead atoms. The number of rotatable bonds is 15. The van der Waals surface area contributed by atoms with Crippen molar-refractivity contribution in [3.63, 3.8) is 0 Å². The monoisotopic (exact) mass is 346 g/mol. The second-order valence-electron chi connectivity index (χ2n) is 5.17. The average molecular weight is 346 g/mol. The Morgan fingerprint density at radius 1 is 0.909 bits per heavy atom. The molecule has 0 aromatic heterocycles. The summed E-state index contributed by atoms with van der Waals surface area (Å²) in [5.74, 6) is -0.00940. The van der Waals surface area contributed by atoms with Crippen LogP contribution in [0.1, 0.15) is 77.6 Å². The summed E-state index contributed by atoms with van der Waals surface area (Å²) in [7, 11) is -4.84. The summed E-state index contributed by atoms with van der Waals surface area (Å²) in [6.07, 6.45) is 11.2. The Morgan fingerprint density at radius 2 is 1.41 bits per heavy atom. The van der Waals surface area contributed by atoms with Crippen LogP contribution in [0.15, 0.2) is 0 Å². The normalized spacial score (nSPS) is 11.2. The predicted octanol–water partition coefficient (Wildman–Crippen LogP) is 0.279. The van der Waals surface area contributed by atoms with Gasteiger partial charge in [-0.1, -0.05) is 58.3 Å². The minimum atomic E-state index is -4.84. The first-order valence-electron chi connectivity index (χ1n) is 7.74. The first-order valence-corrected chi connectivity index (χ1v) is 9.07. The van der Waals surface area contributed by atoms with Crippen molar-refractivity contribution >= 4 is 16.2 Å². The molecule has 0 aliphatic rings. The van der Waals surface area contributed by atoms with Crippen LogP contribution >= 0.6 is 0 Å². The van der Waals surface area contributed by atoms with Gasteiger partial charge in [-0.05, 0) is 6.42 Å². The van der Waals surface area contributed by atoms with Crippen LogP contribution < -0.4 is 29.6 Å². The first kappa shape index (κ1) is 24.7. The summed E-state index contributed by atoms with van der Waals surface area (Å²) >= 11 is 0. The van der Waals surface area contributed by atoms with E-state index in [1.807, 2.05) is 0 Å². The molecule has 0 saturated heterocycles.